The SMILES string of the molecule is CN=C(NCCCOCC1CCOCC1)NCC1(c2ccc(F)cc2)CCCC1.I. The van der Waals surface area contributed by atoms with Crippen molar-refractivity contribution < 1.29 is 13.9 Å². The van der Waals surface area contributed by atoms with Crippen molar-refractivity contribution in [3.05, 3.63) is 35.6 Å². The first kappa shape index (κ1) is 25.3. The van der Waals surface area contributed by atoms with Crippen molar-refractivity contribution in [1.82, 2.24) is 10.6 Å². The Balaban J connectivity index is 0.00000320. The Labute approximate surface area is 197 Å². The molecule has 1 aromatic rings. The van der Waals surface area contributed by atoms with Crippen molar-refractivity contribution in [3.8, 4) is 0 Å². The molecule has 30 heavy (non-hydrogen) atoms. The van der Waals surface area contributed by atoms with E-state index in [1.165, 1.54) is 18.4 Å². The van der Waals surface area contributed by atoms with Gasteiger partial charge in [0, 0.05) is 52.0 Å². The molecule has 1 heterocycles. The fourth-order valence-corrected chi connectivity index (χ4v) is 4.44. The van der Waals surface area contributed by atoms with Crippen molar-refractivity contribution in [2.45, 2.75) is 50.4 Å². The van der Waals surface area contributed by atoms with Gasteiger partial charge in [0.05, 0.1) is 0 Å². The van der Waals surface area contributed by atoms with Crippen molar-refractivity contribution in [3.63, 3.8) is 0 Å². The summed E-state index contributed by atoms with van der Waals surface area (Å²) in [4.78, 5) is 4.36. The van der Waals surface area contributed by atoms with Crippen LogP contribution in [-0.2, 0) is 14.9 Å². The van der Waals surface area contributed by atoms with Crippen LogP contribution >= 0.6 is 24.0 Å². The molecule has 0 amide bonds. The highest BCUT2D eigenvalue weighted by Crippen LogP contribution is 2.40. The summed E-state index contributed by atoms with van der Waals surface area (Å²) in [5, 5.41) is 6.89. The van der Waals surface area contributed by atoms with Gasteiger partial charge in [-0.1, -0.05) is 25.0 Å². The van der Waals surface area contributed by atoms with E-state index in [1.807, 2.05) is 12.1 Å². The number of rotatable bonds is 9. The Kier molecular flexibility index (Phi) is 11.4. The fraction of sp³-hybridized carbons (Fsp3) is 0.696. The zero-order chi connectivity index (χ0) is 20.4. The van der Waals surface area contributed by atoms with Gasteiger partial charge < -0.3 is 20.1 Å². The Hall–Kier alpha value is -0.930. The van der Waals surface area contributed by atoms with Crippen LogP contribution < -0.4 is 10.6 Å². The molecule has 0 spiro atoms. The van der Waals surface area contributed by atoms with Crippen molar-refractivity contribution >= 4 is 29.9 Å². The lowest BCUT2D eigenvalue weighted by Gasteiger charge is -2.31. The maximum atomic E-state index is 13.3. The van der Waals surface area contributed by atoms with Crippen LogP contribution in [0.1, 0.15) is 50.5 Å². The number of hydrogen-bond acceptors (Lipinski definition) is 3. The molecule has 0 atom stereocenters. The fourth-order valence-electron chi connectivity index (χ4n) is 4.44. The summed E-state index contributed by atoms with van der Waals surface area (Å²) in [5.74, 6) is 1.30. The minimum atomic E-state index is -0.175. The summed E-state index contributed by atoms with van der Waals surface area (Å²) in [6, 6.07) is 7.02. The summed E-state index contributed by atoms with van der Waals surface area (Å²) >= 11 is 0. The molecule has 5 nitrogen and oxygen atoms in total. The average Bonchev–Trinajstić information content (AvgIpc) is 3.24. The van der Waals surface area contributed by atoms with Crippen molar-refractivity contribution in [1.29, 1.82) is 0 Å². The number of ether oxygens (including phenoxy) is 2. The molecule has 7 heteroatoms. The summed E-state index contributed by atoms with van der Waals surface area (Å²) in [7, 11) is 1.80. The molecule has 2 aliphatic rings. The van der Waals surface area contributed by atoms with E-state index in [0.29, 0.717) is 5.92 Å². The smallest absolute Gasteiger partial charge is 0.191 e. The van der Waals surface area contributed by atoms with Crippen LogP contribution in [0.15, 0.2) is 29.3 Å². The maximum absolute atomic E-state index is 13.3. The highest BCUT2D eigenvalue weighted by atomic mass is 127. The summed E-state index contributed by atoms with van der Waals surface area (Å²) in [6.07, 6.45) is 7.87. The first-order valence-corrected chi connectivity index (χ1v) is 11.1. The molecule has 1 aliphatic carbocycles. The van der Waals surface area contributed by atoms with Crippen LogP contribution in [0.5, 0.6) is 0 Å². The number of aliphatic imine (C=N–C) groups is 1. The average molecular weight is 533 g/mol. The lowest BCUT2D eigenvalue weighted by Crippen LogP contribution is -2.45. The van der Waals surface area contributed by atoms with Gasteiger partial charge in [-0.3, -0.25) is 4.99 Å². The molecule has 0 aromatic heterocycles. The molecule has 1 saturated carbocycles. The van der Waals surface area contributed by atoms with E-state index in [2.05, 4.69) is 15.6 Å². The Morgan fingerprint density at radius 3 is 2.53 bits per heavy atom. The van der Waals surface area contributed by atoms with Crippen LogP contribution in [0.3, 0.4) is 0 Å². The largest absolute Gasteiger partial charge is 0.381 e. The second-order valence-electron chi connectivity index (χ2n) is 8.33. The van der Waals surface area contributed by atoms with Crippen molar-refractivity contribution in [2.24, 2.45) is 10.9 Å². The Bertz CT molecular complexity index is 630. The minimum Gasteiger partial charge on any atom is -0.381 e. The Morgan fingerprint density at radius 1 is 1.17 bits per heavy atom. The molecule has 3 rings (SSSR count). The normalized spacial score (nSPS) is 19.3. The first-order chi connectivity index (χ1) is 14.2. The number of halogens is 2. The van der Waals surface area contributed by atoms with Crippen LogP contribution in [0.2, 0.25) is 0 Å². The molecule has 0 bridgehead atoms. The maximum Gasteiger partial charge on any atom is 0.191 e. The van der Waals surface area contributed by atoms with E-state index in [0.717, 1.165) is 77.6 Å². The number of nitrogens with zero attached hydrogens (tertiary/aromatic N) is 1. The topological polar surface area (TPSA) is 54.9 Å². The number of nitrogens with one attached hydrogen (secondary N) is 2. The highest BCUT2D eigenvalue weighted by Gasteiger charge is 2.35. The second kappa shape index (κ2) is 13.5. The third-order valence-corrected chi connectivity index (χ3v) is 6.29. The van der Waals surface area contributed by atoms with Crippen LogP contribution in [0, 0.1) is 11.7 Å². The quantitative estimate of drug-likeness (QED) is 0.216. The number of guanidine groups is 1. The third-order valence-electron chi connectivity index (χ3n) is 6.29. The first-order valence-electron chi connectivity index (χ1n) is 11.1. The van der Waals surface area contributed by atoms with Gasteiger partial charge in [-0.15, -0.1) is 24.0 Å². The highest BCUT2D eigenvalue weighted by molar-refractivity contribution is 14.0. The second-order valence-corrected chi connectivity index (χ2v) is 8.33. The molecular weight excluding hydrogens is 496 g/mol. The number of benzene rings is 1. The molecule has 1 aliphatic heterocycles. The monoisotopic (exact) mass is 533 g/mol. The van der Waals surface area contributed by atoms with Gasteiger partial charge in [0.1, 0.15) is 5.82 Å². The zero-order valence-electron chi connectivity index (χ0n) is 18.1. The van der Waals surface area contributed by atoms with Gasteiger partial charge in [0.25, 0.3) is 0 Å². The third kappa shape index (κ3) is 7.64. The lowest BCUT2D eigenvalue weighted by molar-refractivity contribution is 0.0203. The van der Waals surface area contributed by atoms with E-state index in [4.69, 9.17) is 9.47 Å². The molecule has 2 fully saturated rings. The van der Waals surface area contributed by atoms with Gasteiger partial charge in [0.2, 0.25) is 0 Å². The van der Waals surface area contributed by atoms with E-state index < -0.39 is 0 Å². The van der Waals surface area contributed by atoms with E-state index in [9.17, 15) is 4.39 Å². The molecule has 1 saturated heterocycles. The molecule has 0 radical (unpaired) electrons. The van der Waals surface area contributed by atoms with Crippen LogP contribution in [0.25, 0.3) is 0 Å². The van der Waals surface area contributed by atoms with E-state index in [1.54, 1.807) is 19.2 Å². The minimum absolute atomic E-state index is 0. The molecular formula is C23H37FIN3O2. The number of hydrogen-bond donors (Lipinski definition) is 2. The molecule has 1 aromatic carbocycles. The summed E-state index contributed by atoms with van der Waals surface area (Å²) in [6.45, 7) is 5.00. The van der Waals surface area contributed by atoms with Gasteiger partial charge in [-0.25, -0.2) is 4.39 Å². The summed E-state index contributed by atoms with van der Waals surface area (Å²) < 4.78 is 24.5. The van der Waals surface area contributed by atoms with Gasteiger partial charge in [0.15, 0.2) is 5.96 Å². The Morgan fingerprint density at radius 2 is 1.87 bits per heavy atom. The van der Waals surface area contributed by atoms with Crippen molar-refractivity contribution in [2.75, 3.05) is 46.6 Å². The molecule has 2 N–H and O–H groups in total. The molecule has 0 unspecified atom stereocenters. The van der Waals surface area contributed by atoms with Crippen LogP contribution in [0.4, 0.5) is 4.39 Å². The summed E-state index contributed by atoms with van der Waals surface area (Å²) in [5.41, 5.74) is 1.29. The van der Waals surface area contributed by atoms with E-state index >= 15 is 0 Å². The predicted octanol–water partition coefficient (Wildman–Crippen LogP) is 4.25. The van der Waals surface area contributed by atoms with Gasteiger partial charge >= 0.3 is 0 Å². The predicted molar refractivity (Wildman–Crippen MR) is 130 cm³/mol. The standard InChI is InChI=1S/C23H36FN3O2.HI/c1-25-22(26-13-4-14-29-17-19-9-15-28-16-10-19)27-18-23(11-2-3-12-23)20-5-7-21(24)8-6-20;/h5-8,19H,2-4,9-18H2,1H3,(H2,25,26,27);1H. The van der Waals surface area contributed by atoms with Crippen LogP contribution in [-0.4, -0.2) is 52.5 Å². The van der Waals surface area contributed by atoms with Gasteiger partial charge in [-0.05, 0) is 55.7 Å². The molecule has 170 valence electrons. The van der Waals surface area contributed by atoms with Gasteiger partial charge in [-0.2, -0.15) is 0 Å². The lowest BCUT2D eigenvalue weighted by atomic mass is 9.79. The van der Waals surface area contributed by atoms with E-state index in [-0.39, 0.29) is 35.2 Å². The zero-order valence-corrected chi connectivity index (χ0v) is 20.5.